The third kappa shape index (κ3) is 4.45. The molecule has 0 radical (unpaired) electrons. The van der Waals surface area contributed by atoms with Gasteiger partial charge in [-0.2, -0.15) is 0 Å². The minimum absolute atomic E-state index is 0.129. The van der Waals surface area contributed by atoms with Crippen LogP contribution in [0.5, 0.6) is 5.75 Å². The number of rotatable bonds is 8. The van der Waals surface area contributed by atoms with Gasteiger partial charge in [0.25, 0.3) is 0 Å². The predicted molar refractivity (Wildman–Crippen MR) is 128 cm³/mol. The minimum atomic E-state index is -1.02. The van der Waals surface area contributed by atoms with Crippen LogP contribution in [0.1, 0.15) is 23.0 Å². The summed E-state index contributed by atoms with van der Waals surface area (Å²) in [4.78, 5) is 20.1. The first-order valence-corrected chi connectivity index (χ1v) is 11.1. The van der Waals surface area contributed by atoms with Crippen LogP contribution < -0.4 is 10.1 Å². The van der Waals surface area contributed by atoms with Gasteiger partial charge in [-0.1, -0.05) is 28.1 Å². The molecule has 0 spiro atoms. The molecule has 0 aliphatic heterocycles. The van der Waals surface area contributed by atoms with Crippen LogP contribution in [0.25, 0.3) is 22.2 Å². The normalized spacial score (nSPS) is 11.0. The van der Waals surface area contributed by atoms with Crippen LogP contribution in [0.4, 0.5) is 5.82 Å². The van der Waals surface area contributed by atoms with Gasteiger partial charge in [-0.05, 0) is 44.2 Å². The van der Waals surface area contributed by atoms with E-state index in [2.05, 4.69) is 54.8 Å². The van der Waals surface area contributed by atoms with Crippen molar-refractivity contribution < 1.29 is 14.6 Å². The lowest BCUT2D eigenvalue weighted by molar-refractivity contribution is 0.0692. The number of hydrogen-bond acceptors (Lipinski definition) is 5. The second-order valence-electron chi connectivity index (χ2n) is 7.27. The number of aromatic nitrogens is 3. The maximum atomic E-state index is 11.4. The Morgan fingerprint density at radius 2 is 2.03 bits per heavy atom. The van der Waals surface area contributed by atoms with Gasteiger partial charge in [-0.3, -0.25) is 0 Å². The molecule has 0 aliphatic carbocycles. The van der Waals surface area contributed by atoms with Gasteiger partial charge < -0.3 is 19.7 Å². The standard InChI is InChI=1S/C24H23BrN4O3/c1-3-32-22-12-16(7-8-17(22)24(30)31)20-13-23(28-14-27-20)26-9-10-29-15(2)11-18-19(25)5-4-6-21(18)29/h4-8,11-14H,3,9-10H2,1-2H3,(H,30,31)(H,26,27,28). The molecular formula is C24H23BrN4O3. The molecule has 8 heteroatoms. The number of benzene rings is 2. The molecule has 32 heavy (non-hydrogen) atoms. The van der Waals surface area contributed by atoms with Gasteiger partial charge in [0.15, 0.2) is 0 Å². The summed E-state index contributed by atoms with van der Waals surface area (Å²) in [6.07, 6.45) is 1.50. The van der Waals surface area contributed by atoms with Crippen LogP contribution >= 0.6 is 15.9 Å². The molecule has 0 amide bonds. The van der Waals surface area contributed by atoms with Gasteiger partial charge in [-0.15, -0.1) is 0 Å². The lowest BCUT2D eigenvalue weighted by atomic mass is 10.1. The third-order valence-electron chi connectivity index (χ3n) is 5.22. The first-order chi connectivity index (χ1) is 15.5. The van der Waals surface area contributed by atoms with Crippen molar-refractivity contribution in [2.45, 2.75) is 20.4 Å². The SMILES string of the molecule is CCOc1cc(-c2cc(NCCn3c(C)cc4c(Br)cccc43)ncn2)ccc1C(=O)O. The first kappa shape index (κ1) is 21.8. The zero-order chi connectivity index (χ0) is 22.7. The van der Waals surface area contributed by atoms with E-state index in [1.165, 1.54) is 29.0 Å². The van der Waals surface area contributed by atoms with E-state index in [1.807, 2.05) is 25.1 Å². The molecule has 2 heterocycles. The molecule has 164 valence electrons. The van der Waals surface area contributed by atoms with Crippen molar-refractivity contribution >= 4 is 38.6 Å². The number of fused-ring (bicyclic) bond motifs is 1. The van der Waals surface area contributed by atoms with Gasteiger partial charge >= 0.3 is 5.97 Å². The number of nitrogens with one attached hydrogen (secondary N) is 1. The number of carboxylic acid groups (broad SMARTS) is 1. The largest absolute Gasteiger partial charge is 0.493 e. The number of aromatic carboxylic acids is 1. The van der Waals surface area contributed by atoms with Crippen molar-refractivity contribution in [1.29, 1.82) is 0 Å². The average molecular weight is 495 g/mol. The Balaban J connectivity index is 1.51. The highest BCUT2D eigenvalue weighted by molar-refractivity contribution is 9.10. The molecule has 0 saturated carbocycles. The molecule has 0 bridgehead atoms. The van der Waals surface area contributed by atoms with Crippen LogP contribution in [-0.2, 0) is 6.54 Å². The topological polar surface area (TPSA) is 89.3 Å². The van der Waals surface area contributed by atoms with Crippen molar-refractivity contribution in [3.05, 3.63) is 70.6 Å². The highest BCUT2D eigenvalue weighted by Gasteiger charge is 2.14. The Labute approximate surface area is 194 Å². The minimum Gasteiger partial charge on any atom is -0.493 e. The molecule has 0 unspecified atom stereocenters. The van der Waals surface area contributed by atoms with E-state index in [9.17, 15) is 9.90 Å². The maximum Gasteiger partial charge on any atom is 0.339 e. The Hall–Kier alpha value is -3.39. The molecular weight excluding hydrogens is 472 g/mol. The number of ether oxygens (including phenoxy) is 1. The Bertz CT molecular complexity index is 1290. The smallest absolute Gasteiger partial charge is 0.339 e. The summed E-state index contributed by atoms with van der Waals surface area (Å²) in [5.74, 6) is 0.00205. The first-order valence-electron chi connectivity index (χ1n) is 10.3. The van der Waals surface area contributed by atoms with Crippen LogP contribution in [0.15, 0.2) is 59.3 Å². The maximum absolute atomic E-state index is 11.4. The lowest BCUT2D eigenvalue weighted by Gasteiger charge is -2.12. The molecule has 7 nitrogen and oxygen atoms in total. The van der Waals surface area contributed by atoms with E-state index in [0.717, 1.165) is 16.6 Å². The number of carboxylic acids is 1. The summed E-state index contributed by atoms with van der Waals surface area (Å²) in [5, 5.41) is 13.9. The van der Waals surface area contributed by atoms with E-state index in [1.54, 1.807) is 12.1 Å². The zero-order valence-electron chi connectivity index (χ0n) is 17.8. The summed E-state index contributed by atoms with van der Waals surface area (Å²) in [6.45, 7) is 5.78. The monoisotopic (exact) mass is 494 g/mol. The average Bonchev–Trinajstić information content (AvgIpc) is 3.11. The van der Waals surface area contributed by atoms with Crippen LogP contribution in [0.3, 0.4) is 0 Å². The van der Waals surface area contributed by atoms with Gasteiger partial charge in [0.05, 0.1) is 12.3 Å². The van der Waals surface area contributed by atoms with E-state index in [4.69, 9.17) is 4.74 Å². The lowest BCUT2D eigenvalue weighted by Crippen LogP contribution is -2.12. The van der Waals surface area contributed by atoms with E-state index in [0.29, 0.717) is 30.4 Å². The van der Waals surface area contributed by atoms with Gasteiger partial charge in [-0.25, -0.2) is 14.8 Å². The van der Waals surface area contributed by atoms with Gasteiger partial charge in [0.2, 0.25) is 0 Å². The number of carbonyl (C=O) groups is 1. The number of nitrogens with zero attached hydrogens (tertiary/aromatic N) is 3. The number of halogens is 1. The molecule has 2 N–H and O–H groups in total. The van der Waals surface area contributed by atoms with Crippen molar-refractivity contribution in [3.8, 4) is 17.0 Å². The van der Waals surface area contributed by atoms with Crippen LogP contribution in [-0.4, -0.2) is 38.8 Å². The molecule has 2 aromatic carbocycles. The second kappa shape index (κ2) is 9.40. The van der Waals surface area contributed by atoms with Gasteiger partial charge in [0.1, 0.15) is 23.5 Å². The molecule has 0 aliphatic rings. The van der Waals surface area contributed by atoms with E-state index >= 15 is 0 Å². The quantitative estimate of drug-likeness (QED) is 0.341. The molecule has 0 atom stereocenters. The van der Waals surface area contributed by atoms with Crippen LogP contribution in [0.2, 0.25) is 0 Å². The predicted octanol–water partition coefficient (Wildman–Crippen LogP) is 5.38. The number of anilines is 1. The van der Waals surface area contributed by atoms with E-state index in [-0.39, 0.29) is 5.56 Å². The molecule has 4 aromatic rings. The molecule has 4 rings (SSSR count). The summed E-state index contributed by atoms with van der Waals surface area (Å²) in [5.41, 5.74) is 3.96. The molecule has 0 saturated heterocycles. The summed E-state index contributed by atoms with van der Waals surface area (Å²) < 4.78 is 8.87. The number of hydrogen-bond donors (Lipinski definition) is 2. The fraction of sp³-hybridized carbons (Fsp3) is 0.208. The highest BCUT2D eigenvalue weighted by atomic mass is 79.9. The van der Waals surface area contributed by atoms with Crippen molar-refractivity contribution in [2.75, 3.05) is 18.5 Å². The Morgan fingerprint density at radius 1 is 1.19 bits per heavy atom. The molecule has 2 aromatic heterocycles. The van der Waals surface area contributed by atoms with Crippen molar-refractivity contribution in [2.24, 2.45) is 0 Å². The van der Waals surface area contributed by atoms with E-state index < -0.39 is 5.97 Å². The Kier molecular flexibility index (Phi) is 6.41. The highest BCUT2D eigenvalue weighted by Crippen LogP contribution is 2.28. The van der Waals surface area contributed by atoms with Gasteiger partial charge in [0, 0.05) is 45.8 Å². The fourth-order valence-electron chi connectivity index (χ4n) is 3.72. The number of aryl methyl sites for hydroxylation is 1. The van der Waals surface area contributed by atoms with Crippen molar-refractivity contribution in [3.63, 3.8) is 0 Å². The zero-order valence-corrected chi connectivity index (χ0v) is 19.4. The van der Waals surface area contributed by atoms with Crippen molar-refractivity contribution in [1.82, 2.24) is 14.5 Å². The summed E-state index contributed by atoms with van der Waals surface area (Å²) in [7, 11) is 0. The fourth-order valence-corrected chi connectivity index (χ4v) is 4.19. The second-order valence-corrected chi connectivity index (χ2v) is 8.13. The summed E-state index contributed by atoms with van der Waals surface area (Å²) in [6, 6.07) is 15.2. The molecule has 0 fully saturated rings. The third-order valence-corrected chi connectivity index (χ3v) is 5.91. The summed E-state index contributed by atoms with van der Waals surface area (Å²) >= 11 is 3.62. The van der Waals surface area contributed by atoms with Crippen LogP contribution in [0, 0.1) is 6.92 Å². The Morgan fingerprint density at radius 3 is 2.81 bits per heavy atom.